The summed E-state index contributed by atoms with van der Waals surface area (Å²) in [7, 11) is 0. The van der Waals surface area contributed by atoms with E-state index in [-0.39, 0.29) is 5.91 Å². The maximum Gasteiger partial charge on any atom is 0.255 e. The van der Waals surface area contributed by atoms with Gasteiger partial charge in [0.15, 0.2) is 0 Å². The highest BCUT2D eigenvalue weighted by Crippen LogP contribution is 2.18. The van der Waals surface area contributed by atoms with E-state index in [4.69, 9.17) is 0 Å². The number of halogens is 1. The van der Waals surface area contributed by atoms with E-state index in [0.29, 0.717) is 9.49 Å². The Balaban J connectivity index is 2.08. The van der Waals surface area contributed by atoms with Gasteiger partial charge < -0.3 is 4.90 Å². The number of nitrogens with zero attached hydrogens (tertiary/aromatic N) is 2. The number of carbonyl (C=O) groups excluding carboxylic acids is 1. The van der Waals surface area contributed by atoms with Crippen LogP contribution in [0.2, 0.25) is 0 Å². The third-order valence-corrected chi connectivity index (χ3v) is 3.58. The normalized spacial score (nSPS) is 21.4. The van der Waals surface area contributed by atoms with Crippen molar-refractivity contribution in [1.29, 1.82) is 0 Å². The lowest BCUT2D eigenvalue weighted by molar-refractivity contribution is 0.0731. The minimum absolute atomic E-state index is 0.115. The Morgan fingerprint density at radius 1 is 1.60 bits per heavy atom. The van der Waals surface area contributed by atoms with Gasteiger partial charge in [-0.1, -0.05) is 22.6 Å². The van der Waals surface area contributed by atoms with Crippen molar-refractivity contribution in [3.8, 4) is 0 Å². The van der Waals surface area contributed by atoms with Crippen molar-refractivity contribution in [3.63, 3.8) is 0 Å². The first-order valence-electron chi connectivity index (χ1n) is 5.11. The molecule has 1 saturated heterocycles. The average Bonchev–Trinajstić information content (AvgIpc) is 2.29. The van der Waals surface area contributed by atoms with Crippen LogP contribution in [-0.2, 0) is 0 Å². The second-order valence-corrected chi connectivity index (χ2v) is 5.49. The number of pyridine rings is 1. The van der Waals surface area contributed by atoms with E-state index < -0.39 is 0 Å². The topological polar surface area (TPSA) is 33.2 Å². The maximum absolute atomic E-state index is 12.0. The van der Waals surface area contributed by atoms with Crippen LogP contribution >= 0.6 is 22.6 Å². The predicted octanol–water partition coefficient (Wildman–Crippen LogP) is 2.12. The molecule has 0 saturated carbocycles. The van der Waals surface area contributed by atoms with Crippen LogP contribution in [0.4, 0.5) is 0 Å². The van der Waals surface area contributed by atoms with Crippen LogP contribution in [0.1, 0.15) is 23.2 Å². The molecule has 1 aromatic heterocycles. The van der Waals surface area contributed by atoms with Crippen LogP contribution < -0.4 is 0 Å². The number of likely N-dealkylation sites (tertiary alicyclic amines) is 1. The van der Waals surface area contributed by atoms with Gasteiger partial charge in [0.2, 0.25) is 0 Å². The maximum atomic E-state index is 12.0. The molecule has 1 amide bonds. The minimum Gasteiger partial charge on any atom is -0.338 e. The number of carbonyl (C=O) groups is 1. The molecule has 0 bridgehead atoms. The van der Waals surface area contributed by atoms with Crippen LogP contribution in [-0.4, -0.2) is 32.8 Å². The molecule has 1 aromatic rings. The Morgan fingerprint density at radius 2 is 2.47 bits per heavy atom. The molecule has 15 heavy (non-hydrogen) atoms. The van der Waals surface area contributed by atoms with E-state index in [1.54, 1.807) is 18.5 Å². The van der Waals surface area contributed by atoms with Gasteiger partial charge in [-0.2, -0.15) is 0 Å². The lowest BCUT2D eigenvalue weighted by atomic mass is 10.1. The van der Waals surface area contributed by atoms with Crippen LogP contribution in [0, 0.1) is 0 Å². The Kier molecular flexibility index (Phi) is 3.56. The standard InChI is InChI=1S/C11H13IN2O/c12-10-4-2-6-14(8-10)11(15)9-3-1-5-13-7-9/h1,3,5,7,10H,2,4,6,8H2. The van der Waals surface area contributed by atoms with Crippen molar-refractivity contribution in [2.75, 3.05) is 13.1 Å². The van der Waals surface area contributed by atoms with Crippen molar-refractivity contribution in [2.45, 2.75) is 16.8 Å². The zero-order valence-corrected chi connectivity index (χ0v) is 10.6. The largest absolute Gasteiger partial charge is 0.338 e. The summed E-state index contributed by atoms with van der Waals surface area (Å²) < 4.78 is 0.594. The summed E-state index contributed by atoms with van der Waals surface area (Å²) in [6.45, 7) is 1.75. The quantitative estimate of drug-likeness (QED) is 0.587. The molecular formula is C11H13IN2O. The summed E-state index contributed by atoms with van der Waals surface area (Å²) in [6, 6.07) is 3.63. The zero-order valence-electron chi connectivity index (χ0n) is 8.40. The number of amides is 1. The fraction of sp³-hybridized carbons (Fsp3) is 0.455. The fourth-order valence-electron chi connectivity index (χ4n) is 1.78. The van der Waals surface area contributed by atoms with Crippen molar-refractivity contribution in [2.24, 2.45) is 0 Å². The summed E-state index contributed by atoms with van der Waals surface area (Å²) in [6.07, 6.45) is 5.66. The number of aromatic nitrogens is 1. The second-order valence-electron chi connectivity index (χ2n) is 3.73. The third-order valence-electron chi connectivity index (χ3n) is 2.56. The number of alkyl halides is 1. The number of piperidine rings is 1. The molecule has 0 N–H and O–H groups in total. The Hall–Kier alpha value is -0.650. The molecule has 0 radical (unpaired) electrons. The third kappa shape index (κ3) is 2.68. The van der Waals surface area contributed by atoms with Gasteiger partial charge in [0.1, 0.15) is 0 Å². The first kappa shape index (κ1) is 10.9. The van der Waals surface area contributed by atoms with Crippen LogP contribution in [0.3, 0.4) is 0 Å². The molecule has 0 aliphatic carbocycles. The van der Waals surface area contributed by atoms with Gasteiger partial charge in [0.05, 0.1) is 5.56 Å². The molecule has 1 unspecified atom stereocenters. The summed E-state index contributed by atoms with van der Waals surface area (Å²) in [5.41, 5.74) is 0.697. The summed E-state index contributed by atoms with van der Waals surface area (Å²) in [4.78, 5) is 17.9. The van der Waals surface area contributed by atoms with Gasteiger partial charge in [-0.3, -0.25) is 9.78 Å². The van der Waals surface area contributed by atoms with E-state index in [0.717, 1.165) is 19.5 Å². The molecule has 1 atom stereocenters. The van der Waals surface area contributed by atoms with E-state index in [9.17, 15) is 4.79 Å². The summed E-state index contributed by atoms with van der Waals surface area (Å²) in [5.74, 6) is 0.115. The van der Waals surface area contributed by atoms with Crippen LogP contribution in [0.15, 0.2) is 24.5 Å². The van der Waals surface area contributed by atoms with E-state index in [2.05, 4.69) is 27.6 Å². The highest BCUT2D eigenvalue weighted by Gasteiger charge is 2.22. The lowest BCUT2D eigenvalue weighted by Crippen LogP contribution is -2.40. The minimum atomic E-state index is 0.115. The van der Waals surface area contributed by atoms with Gasteiger partial charge in [0.25, 0.3) is 5.91 Å². The van der Waals surface area contributed by atoms with E-state index >= 15 is 0 Å². The average molecular weight is 316 g/mol. The lowest BCUT2D eigenvalue weighted by Gasteiger charge is -2.30. The van der Waals surface area contributed by atoms with Gasteiger partial charge >= 0.3 is 0 Å². The molecular weight excluding hydrogens is 303 g/mol. The molecule has 1 aliphatic heterocycles. The molecule has 2 heterocycles. The number of hydrogen-bond donors (Lipinski definition) is 0. The molecule has 80 valence electrons. The van der Waals surface area contributed by atoms with Crippen molar-refractivity contribution >= 4 is 28.5 Å². The SMILES string of the molecule is O=C(c1cccnc1)N1CCCC(I)C1. The van der Waals surface area contributed by atoms with Crippen molar-refractivity contribution in [1.82, 2.24) is 9.88 Å². The molecule has 1 fully saturated rings. The van der Waals surface area contributed by atoms with Crippen LogP contribution in [0.25, 0.3) is 0 Å². The highest BCUT2D eigenvalue weighted by atomic mass is 127. The number of hydrogen-bond acceptors (Lipinski definition) is 2. The zero-order chi connectivity index (χ0) is 10.7. The second kappa shape index (κ2) is 4.92. The Bertz CT molecular complexity index is 342. The highest BCUT2D eigenvalue weighted by molar-refractivity contribution is 14.1. The summed E-state index contributed by atoms with van der Waals surface area (Å²) >= 11 is 2.42. The fourth-order valence-corrected chi connectivity index (χ4v) is 2.70. The van der Waals surface area contributed by atoms with Crippen LogP contribution in [0.5, 0.6) is 0 Å². The molecule has 1 aliphatic rings. The summed E-state index contributed by atoms with van der Waals surface area (Å²) in [5, 5.41) is 0. The van der Waals surface area contributed by atoms with Crippen molar-refractivity contribution < 1.29 is 4.79 Å². The molecule has 0 aromatic carbocycles. The molecule has 0 spiro atoms. The predicted molar refractivity (Wildman–Crippen MR) is 67.2 cm³/mol. The first-order chi connectivity index (χ1) is 7.27. The van der Waals surface area contributed by atoms with Gasteiger partial charge in [-0.15, -0.1) is 0 Å². The smallest absolute Gasteiger partial charge is 0.255 e. The first-order valence-corrected chi connectivity index (χ1v) is 6.35. The Morgan fingerprint density at radius 3 is 3.13 bits per heavy atom. The molecule has 3 nitrogen and oxygen atoms in total. The van der Waals surface area contributed by atoms with E-state index in [1.165, 1.54) is 6.42 Å². The Labute approximate surface area is 103 Å². The van der Waals surface area contributed by atoms with E-state index in [1.807, 2.05) is 11.0 Å². The van der Waals surface area contributed by atoms with Crippen molar-refractivity contribution in [3.05, 3.63) is 30.1 Å². The van der Waals surface area contributed by atoms with Gasteiger partial charge in [-0.05, 0) is 25.0 Å². The van der Waals surface area contributed by atoms with Gasteiger partial charge in [0, 0.05) is 29.4 Å². The molecule has 4 heteroatoms. The number of rotatable bonds is 1. The van der Waals surface area contributed by atoms with Gasteiger partial charge in [-0.25, -0.2) is 0 Å². The molecule has 2 rings (SSSR count). The monoisotopic (exact) mass is 316 g/mol.